The molecule has 0 N–H and O–H groups in total. The first-order valence-corrected chi connectivity index (χ1v) is 6.50. The van der Waals surface area contributed by atoms with Crippen molar-refractivity contribution in [2.75, 3.05) is 0 Å². The predicted octanol–water partition coefficient (Wildman–Crippen LogP) is 3.28. The lowest BCUT2D eigenvalue weighted by atomic mass is 10.1. The van der Waals surface area contributed by atoms with Gasteiger partial charge in [-0.3, -0.25) is 0 Å². The first-order chi connectivity index (χ1) is 9.83. The third-order valence-electron chi connectivity index (χ3n) is 3.44. The zero-order valence-electron chi connectivity index (χ0n) is 11.0. The molecule has 0 radical (unpaired) electrons. The van der Waals surface area contributed by atoms with E-state index in [0.29, 0.717) is 0 Å². The van der Waals surface area contributed by atoms with Gasteiger partial charge in [0.05, 0.1) is 11.0 Å². The highest BCUT2D eigenvalue weighted by molar-refractivity contribution is 5.82. The van der Waals surface area contributed by atoms with E-state index in [-0.39, 0.29) is 0 Å². The van der Waals surface area contributed by atoms with Gasteiger partial charge in [-0.2, -0.15) is 4.68 Å². The highest BCUT2D eigenvalue weighted by Gasteiger charge is 2.10. The van der Waals surface area contributed by atoms with E-state index in [9.17, 15) is 0 Å². The van der Waals surface area contributed by atoms with Crippen LogP contribution in [0.25, 0.3) is 27.8 Å². The largest absolute Gasteiger partial charge is 0.228 e. The second-order valence-corrected chi connectivity index (χ2v) is 4.81. The quantitative estimate of drug-likeness (QED) is 0.527. The van der Waals surface area contributed by atoms with Crippen molar-refractivity contribution in [2.45, 2.75) is 6.92 Å². The van der Waals surface area contributed by atoms with Gasteiger partial charge in [0.15, 0.2) is 5.82 Å². The second-order valence-electron chi connectivity index (χ2n) is 4.81. The van der Waals surface area contributed by atoms with Gasteiger partial charge in [-0.1, -0.05) is 35.5 Å². The maximum Gasteiger partial charge on any atom is 0.159 e. The van der Waals surface area contributed by atoms with Gasteiger partial charge >= 0.3 is 0 Å². The van der Waals surface area contributed by atoms with Gasteiger partial charge in [0, 0.05) is 5.39 Å². The molecule has 0 saturated heterocycles. The first-order valence-electron chi connectivity index (χ1n) is 6.50. The molecule has 4 aromatic rings. The summed E-state index contributed by atoms with van der Waals surface area (Å²) >= 11 is 0. The average molecular weight is 260 g/mol. The highest BCUT2D eigenvalue weighted by atomic mass is 15.4. The van der Waals surface area contributed by atoms with Crippen molar-refractivity contribution in [3.05, 3.63) is 60.2 Å². The molecule has 4 heteroatoms. The maximum absolute atomic E-state index is 4.73. The molecule has 0 spiro atoms. The van der Waals surface area contributed by atoms with Crippen molar-refractivity contribution in [3.63, 3.8) is 0 Å². The molecule has 0 saturated carbocycles. The van der Waals surface area contributed by atoms with Crippen LogP contribution in [0.4, 0.5) is 0 Å². The Bertz CT molecular complexity index is 924. The molecule has 0 bridgehead atoms. The van der Waals surface area contributed by atoms with Crippen molar-refractivity contribution in [3.8, 4) is 5.82 Å². The number of para-hydroxylation sites is 2. The Kier molecular flexibility index (Phi) is 2.29. The minimum Gasteiger partial charge on any atom is -0.228 e. The molecule has 0 atom stereocenters. The van der Waals surface area contributed by atoms with Gasteiger partial charge in [0.1, 0.15) is 5.52 Å². The van der Waals surface area contributed by atoms with Crippen LogP contribution in [0.3, 0.4) is 0 Å². The van der Waals surface area contributed by atoms with Crippen LogP contribution in [0.15, 0.2) is 54.6 Å². The molecule has 0 fully saturated rings. The van der Waals surface area contributed by atoms with Crippen LogP contribution in [0, 0.1) is 6.92 Å². The molecule has 96 valence electrons. The van der Waals surface area contributed by atoms with Crippen LogP contribution in [-0.4, -0.2) is 20.0 Å². The Morgan fingerprint density at radius 3 is 2.55 bits per heavy atom. The van der Waals surface area contributed by atoms with Crippen LogP contribution in [-0.2, 0) is 0 Å². The number of hydrogen-bond acceptors (Lipinski definition) is 3. The number of nitrogens with zero attached hydrogens (tertiary/aromatic N) is 4. The molecule has 2 aromatic carbocycles. The standard InChI is InChI=1S/C16H12N4/c1-11-10-12-6-2-3-7-13(12)17-16(11)20-15-9-5-4-8-14(15)18-19-20/h2-10H,1H3. The minimum atomic E-state index is 0.831. The lowest BCUT2D eigenvalue weighted by molar-refractivity contribution is 0.799. The van der Waals surface area contributed by atoms with E-state index < -0.39 is 0 Å². The van der Waals surface area contributed by atoms with Gasteiger partial charge < -0.3 is 0 Å². The molecular formula is C16H12N4. The monoisotopic (exact) mass is 260 g/mol. The fourth-order valence-electron chi connectivity index (χ4n) is 2.45. The molecule has 0 aliphatic carbocycles. The SMILES string of the molecule is Cc1cc2ccccc2nc1-n1nnc2ccccc21. The van der Waals surface area contributed by atoms with Gasteiger partial charge in [0.25, 0.3) is 0 Å². The Morgan fingerprint density at radius 1 is 0.900 bits per heavy atom. The van der Waals surface area contributed by atoms with Crippen molar-refractivity contribution >= 4 is 21.9 Å². The van der Waals surface area contributed by atoms with Crippen molar-refractivity contribution in [2.24, 2.45) is 0 Å². The summed E-state index contributed by atoms with van der Waals surface area (Å²) in [5.41, 5.74) is 3.90. The topological polar surface area (TPSA) is 43.6 Å². The Morgan fingerprint density at radius 2 is 1.65 bits per heavy atom. The van der Waals surface area contributed by atoms with E-state index in [2.05, 4.69) is 22.4 Å². The first kappa shape index (κ1) is 11.1. The van der Waals surface area contributed by atoms with Crippen molar-refractivity contribution in [1.82, 2.24) is 20.0 Å². The van der Waals surface area contributed by atoms with Gasteiger partial charge in [0.2, 0.25) is 0 Å². The molecule has 4 nitrogen and oxygen atoms in total. The molecule has 0 aliphatic rings. The number of fused-ring (bicyclic) bond motifs is 2. The van der Waals surface area contributed by atoms with E-state index in [1.165, 1.54) is 0 Å². The third-order valence-corrected chi connectivity index (χ3v) is 3.44. The van der Waals surface area contributed by atoms with Crippen LogP contribution in [0.2, 0.25) is 0 Å². The lowest BCUT2D eigenvalue weighted by Crippen LogP contribution is -2.02. The smallest absolute Gasteiger partial charge is 0.159 e. The number of pyridine rings is 1. The number of aromatic nitrogens is 4. The van der Waals surface area contributed by atoms with Crippen molar-refractivity contribution in [1.29, 1.82) is 0 Å². The number of aryl methyl sites for hydroxylation is 1. The lowest BCUT2D eigenvalue weighted by Gasteiger charge is -2.07. The van der Waals surface area contributed by atoms with Crippen molar-refractivity contribution < 1.29 is 0 Å². The molecule has 0 aliphatic heterocycles. The average Bonchev–Trinajstić information content (AvgIpc) is 2.90. The molecule has 0 amide bonds. The van der Waals surface area contributed by atoms with Gasteiger partial charge in [-0.05, 0) is 36.8 Å². The number of benzene rings is 2. The summed E-state index contributed by atoms with van der Waals surface area (Å²) in [6, 6.07) is 18.1. The summed E-state index contributed by atoms with van der Waals surface area (Å²) in [5.74, 6) is 0.831. The highest BCUT2D eigenvalue weighted by Crippen LogP contribution is 2.21. The van der Waals surface area contributed by atoms with Gasteiger partial charge in [-0.15, -0.1) is 5.10 Å². The summed E-state index contributed by atoms with van der Waals surface area (Å²) in [6.45, 7) is 2.05. The van der Waals surface area contributed by atoms with E-state index >= 15 is 0 Å². The fourth-order valence-corrected chi connectivity index (χ4v) is 2.45. The summed E-state index contributed by atoms with van der Waals surface area (Å²) in [5, 5.41) is 9.56. The van der Waals surface area contributed by atoms with E-state index in [0.717, 1.165) is 33.3 Å². The molecule has 4 rings (SSSR count). The predicted molar refractivity (Wildman–Crippen MR) is 78.9 cm³/mol. The second kappa shape index (κ2) is 4.13. The molecule has 0 unspecified atom stereocenters. The Balaban J connectivity index is 2.04. The van der Waals surface area contributed by atoms with Crippen LogP contribution >= 0.6 is 0 Å². The van der Waals surface area contributed by atoms with Crippen LogP contribution in [0.5, 0.6) is 0 Å². The van der Waals surface area contributed by atoms with E-state index in [4.69, 9.17) is 4.98 Å². The molecular weight excluding hydrogens is 248 g/mol. The van der Waals surface area contributed by atoms with Gasteiger partial charge in [-0.25, -0.2) is 4.98 Å². The fraction of sp³-hybridized carbons (Fsp3) is 0.0625. The zero-order valence-corrected chi connectivity index (χ0v) is 11.0. The Labute approximate surface area is 115 Å². The summed E-state index contributed by atoms with van der Waals surface area (Å²) < 4.78 is 1.80. The number of rotatable bonds is 1. The summed E-state index contributed by atoms with van der Waals surface area (Å²) in [4.78, 5) is 4.73. The minimum absolute atomic E-state index is 0.831. The summed E-state index contributed by atoms with van der Waals surface area (Å²) in [6.07, 6.45) is 0. The van der Waals surface area contributed by atoms with E-state index in [1.54, 1.807) is 4.68 Å². The van der Waals surface area contributed by atoms with Crippen LogP contribution < -0.4 is 0 Å². The molecule has 2 aromatic heterocycles. The molecule has 20 heavy (non-hydrogen) atoms. The maximum atomic E-state index is 4.73. The van der Waals surface area contributed by atoms with Crippen LogP contribution in [0.1, 0.15) is 5.56 Å². The zero-order chi connectivity index (χ0) is 13.5. The Hall–Kier alpha value is -2.75. The number of hydrogen-bond donors (Lipinski definition) is 0. The summed E-state index contributed by atoms with van der Waals surface area (Å²) in [7, 11) is 0. The normalized spacial score (nSPS) is 11.2. The van der Waals surface area contributed by atoms with E-state index in [1.807, 2.05) is 49.4 Å². The third kappa shape index (κ3) is 1.58. The molecule has 2 heterocycles.